The highest BCUT2D eigenvalue weighted by atomic mass is 79.9. The Morgan fingerprint density at radius 1 is 0.520 bits per heavy atom. The normalized spacial score (nSPS) is 11.5. The quantitative estimate of drug-likeness (QED) is 0.0153. The first-order valence-electron chi connectivity index (χ1n) is 32.9. The fourth-order valence-corrected chi connectivity index (χ4v) is 8.96. The van der Waals surface area contributed by atoms with Crippen LogP contribution in [0.4, 0.5) is 52.8 Å². The average molecular weight is 1440 g/mol. The number of rotatable bonds is 29. The van der Waals surface area contributed by atoms with E-state index >= 15 is 0 Å². The molecule has 0 aliphatic carbocycles. The van der Waals surface area contributed by atoms with Gasteiger partial charge in [0.05, 0.1) is 44.1 Å². The number of ether oxygens (including phenoxy) is 4. The van der Waals surface area contributed by atoms with Crippen LogP contribution >= 0.6 is 15.9 Å². The zero-order valence-corrected chi connectivity index (χ0v) is 59.7. The SMILES string of the molecule is CC(C)c1cnc(Br)cc1Oc1cnc(N)nc1NCc1ccccc1.CC(CO)CNc1ncc(Oc2cc(NCC(O)CO)ncc2C(C)C)c(N)n1.CCCNc1ncc(Oc2cc(NCCO)ncc2C(C)C)c(N)n1.[2H]C#Cc1cc(Oc2cnc(C)nc2N)c(C(C)C)cn1. The van der Waals surface area contributed by atoms with Crippen molar-refractivity contribution in [3.05, 3.63) is 148 Å². The number of aliphatic hydroxyl groups excluding tert-OH is 4. The summed E-state index contributed by atoms with van der Waals surface area (Å²) in [6, 6.07) is 17.1. The van der Waals surface area contributed by atoms with Crippen LogP contribution < -0.4 is 68.5 Å². The van der Waals surface area contributed by atoms with Crippen molar-refractivity contribution < 1.29 is 40.7 Å². The number of nitrogens with two attached hydrogens (primary N) is 4. The third-order valence-corrected chi connectivity index (χ3v) is 14.6. The number of nitrogens with zero attached hydrogens (tertiary/aromatic N) is 12. The van der Waals surface area contributed by atoms with Gasteiger partial charge >= 0.3 is 0 Å². The minimum Gasteiger partial charge on any atom is -0.451 e. The Bertz CT molecular complexity index is 4140. The number of pyridine rings is 4. The van der Waals surface area contributed by atoms with E-state index in [2.05, 4.69) is 149 Å². The molecule has 1 aromatic carbocycles. The lowest BCUT2D eigenvalue weighted by Crippen LogP contribution is -2.23. The van der Waals surface area contributed by atoms with Crippen molar-refractivity contribution >= 4 is 68.7 Å². The molecule has 30 heteroatoms. The van der Waals surface area contributed by atoms with Crippen LogP contribution in [-0.4, -0.2) is 132 Å². The maximum Gasteiger partial charge on any atom is 0.224 e. The molecule has 0 amide bonds. The highest BCUT2D eigenvalue weighted by Crippen LogP contribution is 2.38. The number of aryl methyl sites for hydroxylation is 1. The number of benzene rings is 1. The number of terminal acetylenes is 1. The molecule has 0 fully saturated rings. The highest BCUT2D eigenvalue weighted by molar-refractivity contribution is 9.10. The number of hydrogen-bond donors (Lipinski definition) is 13. The second kappa shape index (κ2) is 39.7. The molecule has 0 saturated heterocycles. The summed E-state index contributed by atoms with van der Waals surface area (Å²) in [7, 11) is 0. The molecule has 0 bridgehead atoms. The predicted molar refractivity (Wildman–Crippen MR) is 394 cm³/mol. The van der Waals surface area contributed by atoms with E-state index < -0.39 is 6.10 Å². The summed E-state index contributed by atoms with van der Waals surface area (Å²) in [5, 5.41) is 51.8. The fourth-order valence-electron chi connectivity index (χ4n) is 8.65. The van der Waals surface area contributed by atoms with Gasteiger partial charge in [-0.15, -0.1) is 6.40 Å². The maximum atomic E-state index is 9.50. The molecule has 2 unspecified atom stereocenters. The Morgan fingerprint density at radius 3 is 1.54 bits per heavy atom. The van der Waals surface area contributed by atoms with E-state index in [1.165, 1.54) is 12.4 Å². The molecular formula is C70H92BrN21O8. The molecule has 0 aliphatic rings. The van der Waals surface area contributed by atoms with E-state index in [0.29, 0.717) is 111 Å². The fraction of sp³-hybridized carbons (Fsp3) is 0.371. The van der Waals surface area contributed by atoms with Gasteiger partial charge in [0.15, 0.2) is 46.3 Å². The topological polar surface area (TPSA) is 437 Å². The van der Waals surface area contributed by atoms with Crippen LogP contribution in [0.25, 0.3) is 0 Å². The Balaban J connectivity index is 0.000000213. The third-order valence-electron chi connectivity index (χ3n) is 14.2. The second-order valence-corrected chi connectivity index (χ2v) is 24.6. The number of anilines is 9. The number of hydrogen-bond acceptors (Lipinski definition) is 29. The minimum absolute atomic E-state index is 0.0246. The first-order chi connectivity index (χ1) is 48.4. The molecule has 0 saturated carbocycles. The van der Waals surface area contributed by atoms with E-state index in [1.54, 1.807) is 62.3 Å². The molecular weight excluding hydrogens is 1340 g/mol. The largest absolute Gasteiger partial charge is 0.451 e. The number of nitrogens with one attached hydrogen (secondary N) is 5. The van der Waals surface area contributed by atoms with Gasteiger partial charge in [-0.2, -0.15) is 15.0 Å². The Labute approximate surface area is 593 Å². The van der Waals surface area contributed by atoms with E-state index in [4.69, 9.17) is 58.6 Å². The molecule has 8 aromatic heterocycles. The monoisotopic (exact) mass is 1430 g/mol. The molecule has 17 N–H and O–H groups in total. The van der Waals surface area contributed by atoms with Crippen molar-refractivity contribution in [2.24, 2.45) is 5.92 Å². The molecule has 29 nitrogen and oxygen atoms in total. The molecule has 8 heterocycles. The average Bonchev–Trinajstić information content (AvgIpc) is 0.845. The van der Waals surface area contributed by atoms with Gasteiger partial charge in [-0.25, -0.2) is 44.9 Å². The lowest BCUT2D eigenvalue weighted by molar-refractivity contribution is 0.105. The van der Waals surface area contributed by atoms with Crippen LogP contribution in [0.15, 0.2) is 109 Å². The summed E-state index contributed by atoms with van der Waals surface area (Å²) < 4.78 is 31.5. The van der Waals surface area contributed by atoms with Crippen LogP contribution in [0.1, 0.15) is 140 Å². The van der Waals surface area contributed by atoms with Crippen LogP contribution in [0.2, 0.25) is 0 Å². The van der Waals surface area contributed by atoms with Gasteiger partial charge in [-0.3, -0.25) is 0 Å². The Kier molecular flexibility index (Phi) is 30.5. The van der Waals surface area contributed by atoms with Crippen molar-refractivity contribution in [2.45, 2.75) is 119 Å². The molecule has 2 atom stereocenters. The molecule has 0 radical (unpaired) electrons. The van der Waals surface area contributed by atoms with E-state index in [1.807, 2.05) is 71.0 Å². The van der Waals surface area contributed by atoms with Gasteiger partial charge in [-0.1, -0.05) is 105 Å². The summed E-state index contributed by atoms with van der Waals surface area (Å²) in [6.07, 6.45) is 15.3. The zero-order chi connectivity index (χ0) is 73.5. The smallest absolute Gasteiger partial charge is 0.224 e. The minimum atomic E-state index is -0.886. The van der Waals surface area contributed by atoms with Gasteiger partial charge in [0.2, 0.25) is 17.8 Å². The maximum absolute atomic E-state index is 9.50. The van der Waals surface area contributed by atoms with Crippen molar-refractivity contribution in [1.82, 2.24) is 59.8 Å². The van der Waals surface area contributed by atoms with E-state index in [9.17, 15) is 5.11 Å². The number of aliphatic hydroxyl groups is 4. The molecule has 9 aromatic rings. The van der Waals surface area contributed by atoms with Gasteiger partial charge in [0, 0.05) is 111 Å². The third kappa shape index (κ3) is 24.7. The highest BCUT2D eigenvalue weighted by Gasteiger charge is 2.20. The van der Waals surface area contributed by atoms with Crippen LogP contribution in [0.3, 0.4) is 0 Å². The number of aromatic nitrogens is 12. The Morgan fingerprint density at radius 2 is 1.02 bits per heavy atom. The lowest BCUT2D eigenvalue weighted by atomic mass is 10.0. The van der Waals surface area contributed by atoms with Gasteiger partial charge in [0.25, 0.3) is 0 Å². The first kappa shape index (κ1) is 76.8. The standard InChI is InChI=1S/C19H20BrN5O.C19H30N6O4.C17H26N6O2.C15H16N4O/c1-12(2)14-10-22-17(20)8-15(14)26-16-11-24-19(21)25-18(16)23-9-13-6-4-3-5-7-13;1-11(2)14-7-22-17(21-6-13(28)10-27)4-15(14)29-16-8-24-19(25-18(16)20)23-5-12(3)9-26;1-4-5-20-17-22-10-14(16(18)23-17)25-13-8-15(19-6-7-24)21-9-12(13)11(2)3;1-5-11-6-13(12(7-18-11)9(2)3)20-14-8-17-10(4)19-15(14)16/h3-8,10-12H,9H2,1-2H3,(H3,21,23,24,25);4,7-8,11-13,26-28H,5-6,9-10H2,1-3H3,(H,21,22)(H3,20,23,24,25);8-11,24H,4-7H2,1-3H3,(H,19,21)(H3,18,20,22,23);1,6-9H,2-4H3,(H2,16,17,19)/i;;;1D. The number of nitrogen functional groups attached to an aromatic ring is 4. The second-order valence-electron chi connectivity index (χ2n) is 23.8. The molecule has 532 valence electrons. The van der Waals surface area contributed by atoms with Crippen molar-refractivity contribution in [3.63, 3.8) is 0 Å². The predicted octanol–water partition coefficient (Wildman–Crippen LogP) is 11.2. The van der Waals surface area contributed by atoms with Gasteiger partial charge in [-0.05, 0) is 64.4 Å². The van der Waals surface area contributed by atoms with E-state index in [0.717, 1.165) is 40.8 Å². The summed E-state index contributed by atoms with van der Waals surface area (Å²) in [5.74, 6) is 11.6. The van der Waals surface area contributed by atoms with Crippen molar-refractivity contribution in [3.8, 4) is 58.3 Å². The molecule has 100 heavy (non-hydrogen) atoms. The summed E-state index contributed by atoms with van der Waals surface area (Å²) in [5.41, 5.74) is 29.0. The van der Waals surface area contributed by atoms with Gasteiger partial charge in [0.1, 0.15) is 52.1 Å². The molecule has 0 spiro atoms. The van der Waals surface area contributed by atoms with Gasteiger partial charge < -0.3 is 88.9 Å². The van der Waals surface area contributed by atoms with Crippen LogP contribution in [0.5, 0.6) is 46.0 Å². The Hall–Kier alpha value is -10.6. The summed E-state index contributed by atoms with van der Waals surface area (Å²) >= 11 is 3.39. The molecule has 0 aliphatic heterocycles. The van der Waals surface area contributed by atoms with Crippen molar-refractivity contribution in [1.29, 1.82) is 0 Å². The summed E-state index contributed by atoms with van der Waals surface area (Å²) in [4.78, 5) is 50.5. The zero-order valence-electron chi connectivity index (χ0n) is 59.1. The lowest BCUT2D eigenvalue weighted by Gasteiger charge is -2.17. The van der Waals surface area contributed by atoms with E-state index in [-0.39, 0.29) is 79.4 Å². The summed E-state index contributed by atoms with van der Waals surface area (Å²) in [6.45, 7) is 24.3. The van der Waals surface area contributed by atoms with Crippen molar-refractivity contribution in [2.75, 3.05) is 95.5 Å². The first-order valence-corrected chi connectivity index (χ1v) is 33.2. The van der Waals surface area contributed by atoms with Crippen LogP contribution in [-0.2, 0) is 6.54 Å². The van der Waals surface area contributed by atoms with Crippen LogP contribution in [0, 0.1) is 25.2 Å². The number of halogens is 1. The molecule has 9 rings (SSSR count).